The fraction of sp³-hybridized carbons (Fsp3) is 0.167. The van der Waals surface area contributed by atoms with Gasteiger partial charge in [-0.25, -0.2) is 9.37 Å². The number of carbonyl (C=O) groups excluding carboxylic acids is 1. The Kier molecular flexibility index (Phi) is 4.47. The fourth-order valence-corrected chi connectivity index (χ4v) is 2.59. The molecular weight excluding hydrogens is 323 g/mol. The molecule has 3 rings (SSSR count). The van der Waals surface area contributed by atoms with Gasteiger partial charge in [0.05, 0.1) is 12.1 Å². The lowest BCUT2D eigenvalue weighted by atomic mass is 10.1. The van der Waals surface area contributed by atoms with E-state index in [-0.39, 0.29) is 23.2 Å². The van der Waals surface area contributed by atoms with Crippen molar-refractivity contribution in [3.05, 3.63) is 76.0 Å². The first-order chi connectivity index (χ1) is 11.9. The van der Waals surface area contributed by atoms with E-state index in [9.17, 15) is 14.0 Å². The minimum atomic E-state index is -0.545. The molecule has 0 aliphatic carbocycles. The summed E-state index contributed by atoms with van der Waals surface area (Å²) in [6.07, 6.45) is 3.46. The number of aromatic nitrogens is 3. The van der Waals surface area contributed by atoms with Gasteiger partial charge in [-0.05, 0) is 44.2 Å². The van der Waals surface area contributed by atoms with Crippen LogP contribution in [-0.2, 0) is 11.2 Å². The molecule has 0 saturated heterocycles. The highest BCUT2D eigenvalue weighted by Crippen LogP contribution is 2.19. The van der Waals surface area contributed by atoms with E-state index in [0.29, 0.717) is 17.2 Å². The van der Waals surface area contributed by atoms with Crippen LogP contribution in [-0.4, -0.2) is 20.4 Å². The normalized spacial score (nSPS) is 10.7. The molecule has 128 valence electrons. The highest BCUT2D eigenvalue weighted by Gasteiger charge is 2.14. The highest BCUT2D eigenvalue weighted by molar-refractivity contribution is 5.92. The van der Waals surface area contributed by atoms with Crippen LogP contribution in [0.5, 0.6) is 0 Å². The Morgan fingerprint density at radius 1 is 1.28 bits per heavy atom. The van der Waals surface area contributed by atoms with Crippen molar-refractivity contribution < 1.29 is 9.18 Å². The van der Waals surface area contributed by atoms with Crippen LogP contribution in [0.4, 0.5) is 10.1 Å². The van der Waals surface area contributed by atoms with Gasteiger partial charge in [-0.1, -0.05) is 0 Å². The molecule has 0 unspecified atom stereocenters. The molecular formula is C18H17FN4O2. The van der Waals surface area contributed by atoms with Gasteiger partial charge in [0, 0.05) is 29.3 Å². The molecule has 0 radical (unpaired) electrons. The monoisotopic (exact) mass is 340 g/mol. The number of nitrogens with one attached hydrogen (secondary N) is 2. The standard InChI is InChI=1S/C18H17FN4O2/c1-11-14(18(25)21-12(2)20-11)10-17(24)22-16-9-13(5-6-15(16)19)23-7-3-4-8-23/h3-9H,10H2,1-2H3,(H,22,24)(H,20,21,25). The number of benzene rings is 1. The minimum absolute atomic E-state index is 0.0605. The summed E-state index contributed by atoms with van der Waals surface area (Å²) in [6, 6.07) is 8.14. The van der Waals surface area contributed by atoms with Crippen molar-refractivity contribution in [2.45, 2.75) is 20.3 Å². The second-order valence-corrected chi connectivity index (χ2v) is 5.69. The number of aromatic amines is 1. The summed E-state index contributed by atoms with van der Waals surface area (Å²) in [5.74, 6) is -0.545. The zero-order valence-corrected chi connectivity index (χ0v) is 13.8. The van der Waals surface area contributed by atoms with Gasteiger partial charge >= 0.3 is 0 Å². The SMILES string of the molecule is Cc1nc(C)c(CC(=O)Nc2cc(-n3cccc3)ccc2F)c(=O)[nH]1. The number of halogens is 1. The van der Waals surface area contributed by atoms with E-state index in [1.54, 1.807) is 24.5 Å². The first-order valence-corrected chi connectivity index (χ1v) is 7.73. The molecule has 1 amide bonds. The molecule has 0 bridgehead atoms. The minimum Gasteiger partial charge on any atom is -0.324 e. The third-order valence-corrected chi connectivity index (χ3v) is 3.80. The number of anilines is 1. The fourth-order valence-electron chi connectivity index (χ4n) is 2.59. The lowest BCUT2D eigenvalue weighted by Crippen LogP contribution is -2.24. The molecule has 0 aliphatic rings. The second-order valence-electron chi connectivity index (χ2n) is 5.69. The van der Waals surface area contributed by atoms with Gasteiger partial charge in [0.15, 0.2) is 0 Å². The average Bonchev–Trinajstić information content (AvgIpc) is 3.07. The van der Waals surface area contributed by atoms with Crippen molar-refractivity contribution in [1.29, 1.82) is 0 Å². The molecule has 6 nitrogen and oxygen atoms in total. The summed E-state index contributed by atoms with van der Waals surface area (Å²) in [6.45, 7) is 3.33. The van der Waals surface area contributed by atoms with Gasteiger partial charge < -0.3 is 14.9 Å². The van der Waals surface area contributed by atoms with Crippen LogP contribution in [0.2, 0.25) is 0 Å². The Morgan fingerprint density at radius 3 is 2.68 bits per heavy atom. The van der Waals surface area contributed by atoms with Crippen molar-refractivity contribution in [1.82, 2.24) is 14.5 Å². The number of carbonyl (C=O) groups is 1. The lowest BCUT2D eigenvalue weighted by Gasteiger charge is -2.10. The van der Waals surface area contributed by atoms with Crippen LogP contribution in [0, 0.1) is 19.7 Å². The number of nitrogens with zero attached hydrogens (tertiary/aromatic N) is 2. The van der Waals surface area contributed by atoms with Crippen molar-refractivity contribution in [2.75, 3.05) is 5.32 Å². The summed E-state index contributed by atoms with van der Waals surface area (Å²) in [5.41, 5.74) is 1.17. The summed E-state index contributed by atoms with van der Waals surface area (Å²) in [7, 11) is 0. The molecule has 25 heavy (non-hydrogen) atoms. The van der Waals surface area contributed by atoms with Gasteiger partial charge in [-0.2, -0.15) is 0 Å². The maximum Gasteiger partial charge on any atom is 0.254 e. The molecule has 3 aromatic rings. The predicted octanol–water partition coefficient (Wildman–Crippen LogP) is 2.50. The molecule has 0 aliphatic heterocycles. The average molecular weight is 340 g/mol. The van der Waals surface area contributed by atoms with Crippen LogP contribution in [0.15, 0.2) is 47.5 Å². The van der Waals surface area contributed by atoms with Gasteiger partial charge in [-0.15, -0.1) is 0 Å². The van der Waals surface area contributed by atoms with Crippen LogP contribution in [0.25, 0.3) is 5.69 Å². The summed E-state index contributed by atoms with van der Waals surface area (Å²) in [5, 5.41) is 2.52. The van der Waals surface area contributed by atoms with E-state index in [2.05, 4.69) is 15.3 Å². The Labute approximate surface area is 143 Å². The Hall–Kier alpha value is -3.22. The predicted molar refractivity (Wildman–Crippen MR) is 92.4 cm³/mol. The first kappa shape index (κ1) is 16.6. The number of hydrogen-bond acceptors (Lipinski definition) is 3. The molecule has 2 aromatic heterocycles. The zero-order valence-electron chi connectivity index (χ0n) is 13.8. The van der Waals surface area contributed by atoms with Crippen molar-refractivity contribution in [3.63, 3.8) is 0 Å². The zero-order chi connectivity index (χ0) is 18.0. The van der Waals surface area contributed by atoms with Gasteiger partial charge in [0.2, 0.25) is 5.91 Å². The maximum atomic E-state index is 14.0. The Balaban J connectivity index is 1.82. The molecule has 0 spiro atoms. The number of rotatable bonds is 4. The molecule has 2 heterocycles. The molecule has 0 saturated carbocycles. The lowest BCUT2D eigenvalue weighted by molar-refractivity contribution is -0.115. The van der Waals surface area contributed by atoms with Gasteiger partial charge in [-0.3, -0.25) is 9.59 Å². The maximum absolute atomic E-state index is 14.0. The van der Waals surface area contributed by atoms with Crippen molar-refractivity contribution in [3.8, 4) is 5.69 Å². The van der Waals surface area contributed by atoms with E-state index in [1.807, 2.05) is 24.5 Å². The number of aryl methyl sites for hydroxylation is 2. The molecule has 2 N–H and O–H groups in total. The smallest absolute Gasteiger partial charge is 0.254 e. The quantitative estimate of drug-likeness (QED) is 0.766. The van der Waals surface area contributed by atoms with Crippen molar-refractivity contribution in [2.24, 2.45) is 0 Å². The van der Waals surface area contributed by atoms with E-state index in [1.165, 1.54) is 12.1 Å². The van der Waals surface area contributed by atoms with Gasteiger partial charge in [0.1, 0.15) is 11.6 Å². The van der Waals surface area contributed by atoms with Crippen LogP contribution in [0.1, 0.15) is 17.1 Å². The van der Waals surface area contributed by atoms with Crippen LogP contribution < -0.4 is 10.9 Å². The van der Waals surface area contributed by atoms with E-state index >= 15 is 0 Å². The van der Waals surface area contributed by atoms with E-state index in [0.717, 1.165) is 0 Å². The summed E-state index contributed by atoms with van der Waals surface area (Å²) in [4.78, 5) is 30.9. The molecule has 7 heteroatoms. The number of H-pyrrole nitrogens is 1. The number of hydrogen-bond donors (Lipinski definition) is 2. The highest BCUT2D eigenvalue weighted by atomic mass is 19.1. The Bertz CT molecular complexity index is 977. The Morgan fingerprint density at radius 2 is 2.00 bits per heavy atom. The number of amides is 1. The topological polar surface area (TPSA) is 79.8 Å². The third-order valence-electron chi connectivity index (χ3n) is 3.80. The largest absolute Gasteiger partial charge is 0.324 e. The van der Waals surface area contributed by atoms with Gasteiger partial charge in [0.25, 0.3) is 5.56 Å². The molecule has 1 aromatic carbocycles. The summed E-state index contributed by atoms with van der Waals surface area (Å²) >= 11 is 0. The van der Waals surface area contributed by atoms with E-state index < -0.39 is 11.7 Å². The molecule has 0 atom stereocenters. The van der Waals surface area contributed by atoms with E-state index in [4.69, 9.17) is 0 Å². The molecule has 0 fully saturated rings. The van der Waals surface area contributed by atoms with Crippen molar-refractivity contribution >= 4 is 11.6 Å². The third kappa shape index (κ3) is 3.65. The summed E-state index contributed by atoms with van der Waals surface area (Å²) < 4.78 is 15.8. The van der Waals surface area contributed by atoms with Crippen LogP contribution in [0.3, 0.4) is 0 Å². The second kappa shape index (κ2) is 6.72. The first-order valence-electron chi connectivity index (χ1n) is 7.73. The van der Waals surface area contributed by atoms with Crippen LogP contribution >= 0.6 is 0 Å².